The summed E-state index contributed by atoms with van der Waals surface area (Å²) >= 11 is 1.55. The topological polar surface area (TPSA) is 79.6 Å². The van der Waals surface area contributed by atoms with Crippen LogP contribution in [0.5, 0.6) is 0 Å². The Balaban J connectivity index is 1.84. The lowest BCUT2D eigenvalue weighted by atomic mass is 9.99. The molecule has 1 aromatic carbocycles. The summed E-state index contributed by atoms with van der Waals surface area (Å²) in [6.45, 7) is 16.0. The van der Waals surface area contributed by atoms with Gasteiger partial charge in [0.2, 0.25) is 0 Å². The first-order valence-electron chi connectivity index (χ1n) is 12.6. The van der Waals surface area contributed by atoms with Crippen LogP contribution in [0.15, 0.2) is 47.7 Å². The molecular weight excluding hydrogens is 480 g/mol. The Morgan fingerprint density at radius 2 is 1.95 bits per heavy atom. The van der Waals surface area contributed by atoms with Crippen LogP contribution in [0.3, 0.4) is 0 Å². The molecule has 0 spiro atoms. The van der Waals surface area contributed by atoms with Crippen molar-refractivity contribution in [3.05, 3.63) is 63.0 Å². The average Bonchev–Trinajstić information content (AvgIpc) is 3.34. The van der Waals surface area contributed by atoms with Gasteiger partial charge in [-0.15, -0.1) is 11.3 Å². The lowest BCUT2D eigenvalue weighted by Crippen LogP contribution is -2.44. The second-order valence-electron chi connectivity index (χ2n) is 10.1. The van der Waals surface area contributed by atoms with Gasteiger partial charge in [-0.05, 0) is 87.0 Å². The quantitative estimate of drug-likeness (QED) is 0.414. The second kappa shape index (κ2) is 12.4. The molecule has 1 fully saturated rings. The fourth-order valence-electron chi connectivity index (χ4n) is 4.32. The SMILES string of the molecule is C=c1cc(-c2ccc(/C(C)=C(\C#N)C(=O)NC(C)(C)CCO)s2)cc/c1=C/C(=C\C)N1CCN(C)CC1. The Kier molecular flexibility index (Phi) is 9.50. The van der Waals surface area contributed by atoms with Crippen molar-refractivity contribution in [2.75, 3.05) is 39.8 Å². The first-order chi connectivity index (χ1) is 17.6. The summed E-state index contributed by atoms with van der Waals surface area (Å²) < 4.78 is 0. The van der Waals surface area contributed by atoms with Crippen molar-refractivity contribution >= 4 is 35.5 Å². The summed E-state index contributed by atoms with van der Waals surface area (Å²) in [5.41, 5.74) is 2.40. The number of allylic oxidation sites excluding steroid dienone is 3. The van der Waals surface area contributed by atoms with Crippen molar-refractivity contribution in [3.63, 3.8) is 0 Å². The number of likely N-dealkylation sites (N-methyl/N-ethyl adjacent to an activating group) is 1. The number of aliphatic hydroxyl groups excluding tert-OH is 1. The monoisotopic (exact) mass is 518 g/mol. The number of nitrogens with one attached hydrogen (secondary N) is 1. The minimum atomic E-state index is -0.602. The van der Waals surface area contributed by atoms with E-state index in [1.54, 1.807) is 18.3 Å². The molecule has 2 aromatic rings. The number of carbonyl (C=O) groups excluding carboxylic acids is 1. The van der Waals surface area contributed by atoms with Crippen molar-refractivity contribution in [3.8, 4) is 16.5 Å². The Hall–Kier alpha value is -3.18. The molecule has 1 amide bonds. The molecule has 3 rings (SSSR count). The van der Waals surface area contributed by atoms with Gasteiger partial charge < -0.3 is 20.2 Å². The van der Waals surface area contributed by atoms with Gasteiger partial charge in [0.15, 0.2) is 0 Å². The summed E-state index contributed by atoms with van der Waals surface area (Å²) in [5, 5.41) is 23.8. The third-order valence-corrected chi connectivity index (χ3v) is 8.03. The molecule has 1 aliphatic heterocycles. The summed E-state index contributed by atoms with van der Waals surface area (Å²) in [6.07, 6.45) is 4.78. The predicted molar refractivity (Wildman–Crippen MR) is 154 cm³/mol. The third kappa shape index (κ3) is 7.20. The van der Waals surface area contributed by atoms with E-state index in [1.807, 2.05) is 26.0 Å². The molecule has 1 aromatic heterocycles. The normalized spacial score (nSPS) is 16.4. The minimum absolute atomic E-state index is 0.0388. The van der Waals surface area contributed by atoms with Gasteiger partial charge in [0, 0.05) is 53.8 Å². The summed E-state index contributed by atoms with van der Waals surface area (Å²) in [5.74, 6) is -0.423. The number of aliphatic hydroxyl groups is 1. The van der Waals surface area contributed by atoms with Crippen LogP contribution in [-0.4, -0.2) is 66.2 Å². The average molecular weight is 519 g/mol. The molecule has 37 heavy (non-hydrogen) atoms. The molecule has 6 nitrogen and oxygen atoms in total. The van der Waals surface area contributed by atoms with Crippen LogP contribution < -0.4 is 15.8 Å². The number of rotatable bonds is 8. The molecule has 7 heteroatoms. The summed E-state index contributed by atoms with van der Waals surface area (Å²) in [4.78, 5) is 19.5. The van der Waals surface area contributed by atoms with Crippen LogP contribution in [0.2, 0.25) is 0 Å². The second-order valence-corrected chi connectivity index (χ2v) is 11.2. The Bertz CT molecular complexity index is 1340. The van der Waals surface area contributed by atoms with Gasteiger partial charge >= 0.3 is 0 Å². The first kappa shape index (κ1) is 28.4. The number of amides is 1. The number of thiophene rings is 1. The standard InChI is InChI=1S/C30H38N4O2S/c1-7-25(34-15-13-33(6)14-16-34)19-23-8-9-24(18-21(23)2)28-11-10-27(37-28)22(3)26(20-31)29(36)32-30(4,5)12-17-35/h7-11,18-19,35H,2,12-17H2,1,3-6H3,(H,32,36)/b23-19-,25-7+,26-22+. The Morgan fingerprint density at radius 3 is 2.54 bits per heavy atom. The predicted octanol–water partition coefficient (Wildman–Crippen LogP) is 3.33. The molecular formula is C30H38N4O2S. The van der Waals surface area contributed by atoms with Crippen LogP contribution in [0.25, 0.3) is 28.7 Å². The third-order valence-electron chi connectivity index (χ3n) is 6.77. The first-order valence-corrected chi connectivity index (χ1v) is 13.5. The van der Waals surface area contributed by atoms with E-state index in [4.69, 9.17) is 0 Å². The smallest absolute Gasteiger partial charge is 0.262 e. The van der Waals surface area contributed by atoms with E-state index in [1.165, 1.54) is 5.70 Å². The highest BCUT2D eigenvalue weighted by Gasteiger charge is 2.24. The van der Waals surface area contributed by atoms with Crippen LogP contribution in [0.4, 0.5) is 0 Å². The fraction of sp³-hybridized carbons (Fsp3) is 0.400. The maximum Gasteiger partial charge on any atom is 0.262 e. The molecule has 0 bridgehead atoms. The van der Waals surface area contributed by atoms with Crippen molar-refractivity contribution in [1.82, 2.24) is 15.1 Å². The van der Waals surface area contributed by atoms with E-state index in [-0.39, 0.29) is 12.2 Å². The summed E-state index contributed by atoms with van der Waals surface area (Å²) in [7, 11) is 2.16. The van der Waals surface area contributed by atoms with E-state index in [9.17, 15) is 15.2 Å². The zero-order valence-corrected chi connectivity index (χ0v) is 23.4. The van der Waals surface area contributed by atoms with E-state index < -0.39 is 11.4 Å². The van der Waals surface area contributed by atoms with Crippen LogP contribution >= 0.6 is 11.3 Å². The van der Waals surface area contributed by atoms with Gasteiger partial charge in [0.05, 0.1) is 0 Å². The van der Waals surface area contributed by atoms with Gasteiger partial charge in [0.1, 0.15) is 11.6 Å². The highest BCUT2D eigenvalue weighted by Crippen LogP contribution is 2.32. The molecule has 1 aliphatic rings. The minimum Gasteiger partial charge on any atom is -0.396 e. The van der Waals surface area contributed by atoms with Crippen LogP contribution in [-0.2, 0) is 4.79 Å². The number of hydrogen-bond donors (Lipinski definition) is 2. The lowest BCUT2D eigenvalue weighted by Gasteiger charge is -2.34. The highest BCUT2D eigenvalue weighted by molar-refractivity contribution is 7.16. The maximum absolute atomic E-state index is 12.8. The van der Waals surface area contributed by atoms with Crippen molar-refractivity contribution in [2.24, 2.45) is 0 Å². The lowest BCUT2D eigenvalue weighted by molar-refractivity contribution is -0.118. The van der Waals surface area contributed by atoms with Gasteiger partial charge in [-0.3, -0.25) is 4.79 Å². The molecule has 0 unspecified atom stereocenters. The van der Waals surface area contributed by atoms with E-state index >= 15 is 0 Å². The van der Waals surface area contributed by atoms with Gasteiger partial charge in [-0.1, -0.05) is 24.8 Å². The molecule has 0 radical (unpaired) electrons. The van der Waals surface area contributed by atoms with E-state index in [0.717, 1.165) is 51.9 Å². The molecule has 0 aliphatic carbocycles. The number of nitrogens with zero attached hydrogens (tertiary/aromatic N) is 3. The summed E-state index contributed by atoms with van der Waals surface area (Å²) in [6, 6.07) is 12.3. The number of nitriles is 1. The van der Waals surface area contributed by atoms with E-state index in [2.05, 4.69) is 72.1 Å². The number of carbonyl (C=O) groups is 1. The largest absolute Gasteiger partial charge is 0.396 e. The van der Waals surface area contributed by atoms with Gasteiger partial charge in [-0.2, -0.15) is 5.26 Å². The molecule has 1 saturated heterocycles. The zero-order chi connectivity index (χ0) is 27.2. The molecule has 196 valence electrons. The van der Waals surface area contributed by atoms with E-state index in [0.29, 0.717) is 12.0 Å². The molecule has 2 N–H and O–H groups in total. The van der Waals surface area contributed by atoms with Gasteiger partial charge in [0.25, 0.3) is 5.91 Å². The number of hydrogen-bond acceptors (Lipinski definition) is 6. The highest BCUT2D eigenvalue weighted by atomic mass is 32.1. The van der Waals surface area contributed by atoms with Crippen molar-refractivity contribution in [1.29, 1.82) is 5.26 Å². The van der Waals surface area contributed by atoms with Crippen molar-refractivity contribution < 1.29 is 9.90 Å². The molecule has 2 heterocycles. The molecule has 0 saturated carbocycles. The fourth-order valence-corrected chi connectivity index (χ4v) is 5.32. The van der Waals surface area contributed by atoms with Crippen LogP contribution in [0, 0.1) is 11.3 Å². The van der Waals surface area contributed by atoms with Crippen LogP contribution in [0.1, 0.15) is 39.0 Å². The number of benzene rings is 1. The maximum atomic E-state index is 12.8. The Morgan fingerprint density at radius 1 is 1.24 bits per heavy atom. The molecule has 0 atom stereocenters. The number of piperazine rings is 1. The van der Waals surface area contributed by atoms with Crippen molar-refractivity contribution in [2.45, 2.75) is 39.7 Å². The Labute approximate surface area is 224 Å². The van der Waals surface area contributed by atoms with Gasteiger partial charge in [-0.25, -0.2) is 0 Å². The zero-order valence-electron chi connectivity index (χ0n) is 22.6.